The Balaban J connectivity index is 2.35. The van der Waals surface area contributed by atoms with Crippen molar-refractivity contribution in [2.24, 2.45) is 0 Å². The van der Waals surface area contributed by atoms with Gasteiger partial charge in [-0.15, -0.1) is 0 Å². The summed E-state index contributed by atoms with van der Waals surface area (Å²) in [5.41, 5.74) is 1.32. The molecule has 1 rings (SSSR count). The molecule has 1 aromatic carbocycles. The summed E-state index contributed by atoms with van der Waals surface area (Å²) in [5.74, 6) is 0. The molecule has 1 unspecified atom stereocenters. The number of methoxy groups -OCH3 is 1. The molecule has 0 saturated carbocycles. The van der Waals surface area contributed by atoms with Crippen LogP contribution in [0.4, 0.5) is 0 Å². The minimum absolute atomic E-state index is 0.399. The highest BCUT2D eigenvalue weighted by molar-refractivity contribution is 5.17. The van der Waals surface area contributed by atoms with E-state index in [0.29, 0.717) is 6.04 Å². The molecule has 0 aliphatic rings. The van der Waals surface area contributed by atoms with Gasteiger partial charge in [0.15, 0.2) is 0 Å². The number of hydrogen-bond acceptors (Lipinski definition) is 2. The number of benzene rings is 1. The summed E-state index contributed by atoms with van der Waals surface area (Å²) in [4.78, 5) is 0. The summed E-state index contributed by atoms with van der Waals surface area (Å²) in [5, 5.41) is 3.37. The lowest BCUT2D eigenvalue weighted by atomic mass is 10.1. The van der Waals surface area contributed by atoms with Crippen LogP contribution in [-0.4, -0.2) is 20.3 Å². The van der Waals surface area contributed by atoms with Gasteiger partial charge in [-0.3, -0.25) is 0 Å². The van der Waals surface area contributed by atoms with Gasteiger partial charge < -0.3 is 10.1 Å². The zero-order valence-corrected chi connectivity index (χ0v) is 8.29. The fourth-order valence-corrected chi connectivity index (χ4v) is 1.24. The Morgan fingerprint density at radius 3 is 2.62 bits per heavy atom. The van der Waals surface area contributed by atoms with E-state index < -0.39 is 0 Å². The van der Waals surface area contributed by atoms with E-state index >= 15 is 0 Å². The smallest absolute Gasteiger partial charge is 0.0587 e. The van der Waals surface area contributed by atoms with Crippen LogP contribution in [-0.2, 0) is 4.74 Å². The van der Waals surface area contributed by atoms with Gasteiger partial charge in [-0.25, -0.2) is 0 Å². The Bertz CT molecular complexity index is 223. The highest BCUT2D eigenvalue weighted by atomic mass is 16.5. The van der Waals surface area contributed by atoms with Crippen LogP contribution in [0.5, 0.6) is 0 Å². The maximum Gasteiger partial charge on any atom is 0.0587 e. The van der Waals surface area contributed by atoms with Crippen LogP contribution in [0, 0.1) is 0 Å². The van der Waals surface area contributed by atoms with E-state index in [0.717, 1.165) is 13.2 Å². The average Bonchev–Trinajstić information content (AvgIpc) is 2.19. The SMILES string of the molecule is COCCNC(C)c1ccccc1. The molecule has 0 aliphatic carbocycles. The molecule has 0 saturated heterocycles. The van der Waals surface area contributed by atoms with Crippen molar-refractivity contribution in [2.75, 3.05) is 20.3 Å². The second-order valence-corrected chi connectivity index (χ2v) is 3.08. The van der Waals surface area contributed by atoms with Gasteiger partial charge in [0.1, 0.15) is 0 Å². The molecule has 0 amide bonds. The van der Waals surface area contributed by atoms with E-state index in [9.17, 15) is 0 Å². The number of hydrogen-bond donors (Lipinski definition) is 1. The van der Waals surface area contributed by atoms with Gasteiger partial charge in [0.05, 0.1) is 6.61 Å². The van der Waals surface area contributed by atoms with Crippen molar-refractivity contribution < 1.29 is 4.74 Å². The van der Waals surface area contributed by atoms with E-state index in [4.69, 9.17) is 4.74 Å². The van der Waals surface area contributed by atoms with E-state index in [1.807, 2.05) is 6.07 Å². The monoisotopic (exact) mass is 179 g/mol. The fraction of sp³-hybridized carbons (Fsp3) is 0.455. The second kappa shape index (κ2) is 5.73. The van der Waals surface area contributed by atoms with Crippen LogP contribution in [0.25, 0.3) is 0 Å². The Morgan fingerprint density at radius 1 is 1.31 bits per heavy atom. The van der Waals surface area contributed by atoms with Crippen LogP contribution >= 0.6 is 0 Å². The molecule has 0 heterocycles. The first-order valence-corrected chi connectivity index (χ1v) is 4.62. The molecule has 72 valence electrons. The molecule has 1 atom stereocenters. The van der Waals surface area contributed by atoms with E-state index in [1.165, 1.54) is 5.56 Å². The van der Waals surface area contributed by atoms with Crippen molar-refractivity contribution in [3.8, 4) is 0 Å². The van der Waals surface area contributed by atoms with Crippen LogP contribution in [0.15, 0.2) is 30.3 Å². The zero-order chi connectivity index (χ0) is 9.52. The molecular formula is C11H17NO. The maximum absolute atomic E-state index is 4.97. The van der Waals surface area contributed by atoms with Crippen molar-refractivity contribution in [3.63, 3.8) is 0 Å². The van der Waals surface area contributed by atoms with E-state index in [1.54, 1.807) is 7.11 Å². The van der Waals surface area contributed by atoms with Gasteiger partial charge in [-0.1, -0.05) is 30.3 Å². The third-order valence-electron chi connectivity index (χ3n) is 2.06. The van der Waals surface area contributed by atoms with Gasteiger partial charge in [0, 0.05) is 19.7 Å². The third-order valence-corrected chi connectivity index (χ3v) is 2.06. The minimum atomic E-state index is 0.399. The van der Waals surface area contributed by atoms with E-state index in [2.05, 4.69) is 36.5 Å². The molecule has 0 radical (unpaired) electrons. The molecule has 2 nitrogen and oxygen atoms in total. The van der Waals surface area contributed by atoms with Crippen molar-refractivity contribution in [1.82, 2.24) is 5.32 Å². The van der Waals surface area contributed by atoms with Crippen molar-refractivity contribution >= 4 is 0 Å². The van der Waals surface area contributed by atoms with Crippen molar-refractivity contribution in [2.45, 2.75) is 13.0 Å². The molecule has 0 bridgehead atoms. The molecular weight excluding hydrogens is 162 g/mol. The maximum atomic E-state index is 4.97. The Kier molecular flexibility index (Phi) is 4.50. The summed E-state index contributed by atoms with van der Waals surface area (Å²) in [7, 11) is 1.72. The molecule has 2 heteroatoms. The predicted molar refractivity (Wildman–Crippen MR) is 54.7 cm³/mol. The fourth-order valence-electron chi connectivity index (χ4n) is 1.24. The molecule has 1 aromatic rings. The Hall–Kier alpha value is -0.860. The molecule has 13 heavy (non-hydrogen) atoms. The first-order chi connectivity index (χ1) is 6.34. The molecule has 0 fully saturated rings. The minimum Gasteiger partial charge on any atom is -0.383 e. The first-order valence-electron chi connectivity index (χ1n) is 4.62. The molecule has 0 aliphatic heterocycles. The van der Waals surface area contributed by atoms with Gasteiger partial charge in [-0.05, 0) is 12.5 Å². The quantitative estimate of drug-likeness (QED) is 0.698. The molecule has 0 spiro atoms. The lowest BCUT2D eigenvalue weighted by Crippen LogP contribution is -2.22. The lowest BCUT2D eigenvalue weighted by Gasteiger charge is -2.13. The van der Waals surface area contributed by atoms with Gasteiger partial charge in [-0.2, -0.15) is 0 Å². The summed E-state index contributed by atoms with van der Waals surface area (Å²) < 4.78 is 4.97. The van der Waals surface area contributed by atoms with Gasteiger partial charge in [0.2, 0.25) is 0 Å². The van der Waals surface area contributed by atoms with Gasteiger partial charge >= 0.3 is 0 Å². The van der Waals surface area contributed by atoms with Gasteiger partial charge in [0.25, 0.3) is 0 Å². The van der Waals surface area contributed by atoms with Crippen LogP contribution in [0.1, 0.15) is 18.5 Å². The van der Waals surface area contributed by atoms with Crippen LogP contribution < -0.4 is 5.32 Å². The predicted octanol–water partition coefficient (Wildman–Crippen LogP) is 1.98. The second-order valence-electron chi connectivity index (χ2n) is 3.08. The number of nitrogens with one attached hydrogen (secondary N) is 1. The summed E-state index contributed by atoms with van der Waals surface area (Å²) in [6.07, 6.45) is 0. The zero-order valence-electron chi connectivity index (χ0n) is 8.29. The topological polar surface area (TPSA) is 21.3 Å². The summed E-state index contributed by atoms with van der Waals surface area (Å²) in [6.45, 7) is 3.81. The normalized spacial score (nSPS) is 12.8. The molecule has 0 aromatic heterocycles. The molecule has 1 N–H and O–H groups in total. The average molecular weight is 179 g/mol. The van der Waals surface area contributed by atoms with Crippen LogP contribution in [0.3, 0.4) is 0 Å². The first kappa shape index (κ1) is 10.2. The number of ether oxygens (including phenoxy) is 1. The van der Waals surface area contributed by atoms with Crippen LogP contribution in [0.2, 0.25) is 0 Å². The van der Waals surface area contributed by atoms with E-state index in [-0.39, 0.29) is 0 Å². The van der Waals surface area contributed by atoms with Crippen molar-refractivity contribution in [1.29, 1.82) is 0 Å². The summed E-state index contributed by atoms with van der Waals surface area (Å²) >= 11 is 0. The highest BCUT2D eigenvalue weighted by Gasteiger charge is 2.01. The third kappa shape index (κ3) is 3.57. The highest BCUT2D eigenvalue weighted by Crippen LogP contribution is 2.10. The largest absolute Gasteiger partial charge is 0.383 e. The van der Waals surface area contributed by atoms with Crippen molar-refractivity contribution in [3.05, 3.63) is 35.9 Å². The Morgan fingerprint density at radius 2 is 2.00 bits per heavy atom. The standard InChI is InChI=1S/C11H17NO/c1-10(12-8-9-13-2)11-6-4-3-5-7-11/h3-7,10,12H,8-9H2,1-2H3. The Labute approximate surface area is 79.9 Å². The lowest BCUT2D eigenvalue weighted by molar-refractivity contribution is 0.196. The summed E-state index contributed by atoms with van der Waals surface area (Å²) in [6, 6.07) is 10.8. The number of rotatable bonds is 5.